The van der Waals surface area contributed by atoms with Gasteiger partial charge in [-0.05, 0) is 61.1 Å². The van der Waals surface area contributed by atoms with Crippen molar-refractivity contribution in [2.45, 2.75) is 45.2 Å². The lowest BCUT2D eigenvalue weighted by molar-refractivity contribution is -0.113. The van der Waals surface area contributed by atoms with Crippen molar-refractivity contribution < 1.29 is 9.59 Å². The number of imidazole rings is 1. The number of nitriles is 1. The third kappa shape index (κ3) is 3.53. The van der Waals surface area contributed by atoms with E-state index in [1.54, 1.807) is 0 Å². The van der Waals surface area contributed by atoms with Crippen LogP contribution in [-0.2, 0) is 17.9 Å². The van der Waals surface area contributed by atoms with Crippen LogP contribution in [0.15, 0.2) is 48.9 Å². The number of rotatable bonds is 2. The summed E-state index contributed by atoms with van der Waals surface area (Å²) in [5, 5.41) is 10.8. The van der Waals surface area contributed by atoms with Crippen LogP contribution in [0.3, 0.4) is 0 Å². The molecule has 190 valence electrons. The van der Waals surface area contributed by atoms with E-state index < -0.39 is 0 Å². The Labute approximate surface area is 220 Å². The third-order valence-electron chi connectivity index (χ3n) is 8.23. The second kappa shape index (κ2) is 8.88. The van der Waals surface area contributed by atoms with Crippen molar-refractivity contribution in [3.05, 3.63) is 71.3 Å². The molecule has 1 saturated heterocycles. The maximum atomic E-state index is 13.4. The molecule has 0 N–H and O–H groups in total. The zero-order valence-electron chi connectivity index (χ0n) is 21.2. The number of Topliss-reactive ketones (excluding diaryl/α,β-unsaturated/α-hetero) is 1. The summed E-state index contributed by atoms with van der Waals surface area (Å²) in [5.74, 6) is 0.118. The number of allylic oxidation sites excluding steroid dienone is 2. The van der Waals surface area contributed by atoms with Gasteiger partial charge in [0, 0.05) is 68.1 Å². The molecule has 2 amide bonds. The molecule has 8 nitrogen and oxygen atoms in total. The molecule has 3 aliphatic rings. The summed E-state index contributed by atoms with van der Waals surface area (Å²) in [5.41, 5.74) is 6.88. The number of urea groups is 1. The highest BCUT2D eigenvalue weighted by molar-refractivity contribution is 6.33. The Morgan fingerprint density at radius 2 is 1.87 bits per heavy atom. The predicted octanol–water partition coefficient (Wildman–Crippen LogP) is 4.86. The van der Waals surface area contributed by atoms with Gasteiger partial charge in [-0.15, -0.1) is 0 Å². The van der Waals surface area contributed by atoms with Crippen LogP contribution in [0.2, 0.25) is 0 Å². The van der Waals surface area contributed by atoms with E-state index in [2.05, 4.69) is 21.8 Å². The smallest absolute Gasteiger partial charge is 0.320 e. The molecule has 0 unspecified atom stereocenters. The van der Waals surface area contributed by atoms with Crippen LogP contribution in [0.4, 0.5) is 4.79 Å². The first kappa shape index (κ1) is 22.8. The molecule has 1 aromatic carbocycles. The van der Waals surface area contributed by atoms with Crippen molar-refractivity contribution in [2.75, 3.05) is 19.6 Å². The summed E-state index contributed by atoms with van der Waals surface area (Å²) in [7, 11) is 0. The molecule has 0 saturated carbocycles. The lowest BCUT2D eigenvalue weighted by atomic mass is 9.96. The zero-order valence-corrected chi connectivity index (χ0v) is 21.2. The molecule has 2 aliphatic heterocycles. The fourth-order valence-electron chi connectivity index (χ4n) is 6.43. The number of pyridine rings is 1. The van der Waals surface area contributed by atoms with Crippen LogP contribution in [0.5, 0.6) is 0 Å². The Kier molecular flexibility index (Phi) is 5.32. The number of hydrogen-bond donors (Lipinski definition) is 0. The predicted molar refractivity (Wildman–Crippen MR) is 144 cm³/mol. The van der Waals surface area contributed by atoms with E-state index >= 15 is 0 Å². The second-order valence-corrected chi connectivity index (χ2v) is 10.5. The van der Waals surface area contributed by atoms with E-state index in [0.29, 0.717) is 38.0 Å². The lowest BCUT2D eigenvalue weighted by Gasteiger charge is -2.32. The van der Waals surface area contributed by atoms with E-state index in [-0.39, 0.29) is 11.8 Å². The van der Waals surface area contributed by atoms with E-state index in [0.717, 1.165) is 70.4 Å². The van der Waals surface area contributed by atoms with Gasteiger partial charge in [0.2, 0.25) is 0 Å². The largest absolute Gasteiger partial charge is 0.345 e. The van der Waals surface area contributed by atoms with E-state index in [9.17, 15) is 14.9 Å². The number of carbonyl (C=O) groups excluding carboxylic acids is 2. The first-order valence-corrected chi connectivity index (χ1v) is 13.4. The number of hydrogen-bond acceptors (Lipinski definition) is 4. The Balaban J connectivity index is 1.37. The van der Waals surface area contributed by atoms with Gasteiger partial charge >= 0.3 is 6.03 Å². The molecule has 4 aromatic rings. The first-order chi connectivity index (χ1) is 18.6. The summed E-state index contributed by atoms with van der Waals surface area (Å²) >= 11 is 0. The summed E-state index contributed by atoms with van der Waals surface area (Å²) in [6.45, 7) is 3.30. The number of likely N-dealkylation sites (tertiary alicyclic amines) is 1. The Morgan fingerprint density at radius 3 is 2.71 bits per heavy atom. The fraction of sp³-hybridized carbons (Fsp3) is 0.333. The number of piperidine rings is 1. The van der Waals surface area contributed by atoms with Crippen molar-refractivity contribution in [3.63, 3.8) is 0 Å². The monoisotopic (exact) mass is 504 g/mol. The lowest BCUT2D eigenvalue weighted by Crippen LogP contribution is -2.45. The number of aromatic nitrogens is 3. The van der Waals surface area contributed by atoms with Gasteiger partial charge in [-0.2, -0.15) is 5.26 Å². The molecule has 3 aromatic heterocycles. The van der Waals surface area contributed by atoms with Crippen LogP contribution >= 0.6 is 0 Å². The molecule has 1 fully saturated rings. The Hall–Kier alpha value is -4.38. The van der Waals surface area contributed by atoms with Crippen LogP contribution in [0.25, 0.3) is 27.7 Å². The van der Waals surface area contributed by atoms with Crippen molar-refractivity contribution in [2.24, 2.45) is 0 Å². The van der Waals surface area contributed by atoms with Crippen molar-refractivity contribution in [3.8, 4) is 6.07 Å². The third-order valence-corrected chi connectivity index (χ3v) is 8.23. The van der Waals surface area contributed by atoms with E-state index in [1.165, 1.54) is 6.42 Å². The van der Waals surface area contributed by atoms with Crippen molar-refractivity contribution in [1.82, 2.24) is 23.8 Å². The fourth-order valence-corrected chi connectivity index (χ4v) is 6.43. The SMILES string of the molecule is N#Cc1cc2c3c(c1)c(C1=C(c4cnc5ccccn45)CCC1=O)cn3CCN(C(=O)N1CCCCC1)C2. The van der Waals surface area contributed by atoms with E-state index in [4.69, 9.17) is 0 Å². The Bertz CT molecular complexity index is 1690. The van der Waals surface area contributed by atoms with Crippen LogP contribution in [0.1, 0.15) is 54.5 Å². The molecule has 8 heteroatoms. The van der Waals surface area contributed by atoms with Gasteiger partial charge in [0.1, 0.15) is 5.65 Å². The number of carbonyl (C=O) groups is 2. The summed E-state index contributed by atoms with van der Waals surface area (Å²) in [4.78, 5) is 35.2. The maximum absolute atomic E-state index is 13.4. The summed E-state index contributed by atoms with van der Waals surface area (Å²) in [6.07, 6.45) is 10.3. The van der Waals surface area contributed by atoms with Gasteiger partial charge in [-0.1, -0.05) is 6.07 Å². The minimum Gasteiger partial charge on any atom is -0.345 e. The number of amides is 2. The van der Waals surface area contributed by atoms with Gasteiger partial charge in [-0.3, -0.25) is 9.20 Å². The zero-order chi connectivity index (χ0) is 25.8. The minimum absolute atomic E-state index is 0.0785. The molecule has 38 heavy (non-hydrogen) atoms. The van der Waals surface area contributed by atoms with Crippen LogP contribution in [-0.4, -0.2) is 55.2 Å². The molecule has 0 radical (unpaired) electrons. The summed E-state index contributed by atoms with van der Waals surface area (Å²) in [6, 6.07) is 12.1. The Morgan fingerprint density at radius 1 is 1.00 bits per heavy atom. The number of benzene rings is 1. The van der Waals surface area contributed by atoms with Crippen molar-refractivity contribution in [1.29, 1.82) is 5.26 Å². The van der Waals surface area contributed by atoms with Gasteiger partial charge in [-0.25, -0.2) is 9.78 Å². The van der Waals surface area contributed by atoms with Gasteiger partial charge in [0.15, 0.2) is 5.78 Å². The van der Waals surface area contributed by atoms with Crippen molar-refractivity contribution >= 4 is 39.5 Å². The maximum Gasteiger partial charge on any atom is 0.320 e. The number of fused-ring (bicyclic) bond motifs is 1. The average molecular weight is 505 g/mol. The van der Waals surface area contributed by atoms with Gasteiger partial charge < -0.3 is 14.4 Å². The highest BCUT2D eigenvalue weighted by atomic mass is 16.2. The highest BCUT2D eigenvalue weighted by Gasteiger charge is 2.32. The van der Waals surface area contributed by atoms with Crippen LogP contribution < -0.4 is 0 Å². The second-order valence-electron chi connectivity index (χ2n) is 10.5. The molecule has 0 spiro atoms. The minimum atomic E-state index is 0.0785. The quantitative estimate of drug-likeness (QED) is 0.390. The molecule has 1 aliphatic carbocycles. The van der Waals surface area contributed by atoms with Gasteiger partial charge in [0.25, 0.3) is 0 Å². The summed E-state index contributed by atoms with van der Waals surface area (Å²) < 4.78 is 4.21. The molecular formula is C30H28N6O2. The first-order valence-electron chi connectivity index (χ1n) is 13.4. The molecular weight excluding hydrogens is 476 g/mol. The number of nitrogens with zero attached hydrogens (tertiary/aromatic N) is 6. The normalized spacial score (nSPS) is 17.9. The van der Waals surface area contributed by atoms with E-state index in [1.807, 2.05) is 56.9 Å². The number of ketones is 1. The average Bonchev–Trinajstić information content (AvgIpc) is 3.61. The molecule has 7 rings (SSSR count). The topological polar surface area (TPSA) is 86.6 Å². The molecule has 0 atom stereocenters. The van der Waals surface area contributed by atoms with Gasteiger partial charge in [0.05, 0.1) is 29.0 Å². The highest BCUT2D eigenvalue weighted by Crippen LogP contribution is 2.42. The standard InChI is InChI=1S/C30H28N6O2/c31-16-20-14-21-18-35(30(38)33-9-3-1-4-10-33)13-12-34-19-24(23(15-20)29(21)34)28-22(7-8-26(28)37)25-17-32-27-6-2-5-11-36(25)27/h2,5-6,11,14-15,17,19H,1,3-4,7-10,12-13,18H2. The van der Waals surface area contributed by atoms with Crippen LogP contribution in [0, 0.1) is 11.3 Å². The molecule has 0 bridgehead atoms. The molecule has 5 heterocycles.